The second-order valence-electron chi connectivity index (χ2n) is 5.69. The summed E-state index contributed by atoms with van der Waals surface area (Å²) in [7, 11) is 3.29. The first-order chi connectivity index (χ1) is 9.50. The molecule has 2 rings (SSSR count). The Morgan fingerprint density at radius 1 is 1.15 bits per heavy atom. The molecule has 1 fully saturated rings. The van der Waals surface area contributed by atoms with E-state index in [0.717, 1.165) is 48.6 Å². The fourth-order valence-corrected chi connectivity index (χ4v) is 3.05. The lowest BCUT2D eigenvalue weighted by atomic mass is 9.77. The van der Waals surface area contributed by atoms with Crippen LogP contribution in [0.1, 0.15) is 30.9 Å². The molecule has 1 aromatic rings. The Kier molecular flexibility index (Phi) is 4.55. The topological polar surface area (TPSA) is 50.7 Å². The van der Waals surface area contributed by atoms with Gasteiger partial charge in [0.2, 0.25) is 0 Å². The first kappa shape index (κ1) is 15.1. The van der Waals surface area contributed by atoms with Gasteiger partial charge in [0.25, 0.3) is 0 Å². The molecule has 1 aliphatic rings. The molecule has 0 aliphatic carbocycles. The van der Waals surface area contributed by atoms with Gasteiger partial charge in [0.05, 0.1) is 19.8 Å². The third kappa shape index (κ3) is 2.76. The molecule has 1 saturated heterocycles. The lowest BCUT2D eigenvalue weighted by Gasteiger charge is -2.37. The van der Waals surface area contributed by atoms with Crippen LogP contribution < -0.4 is 14.8 Å². The standard InChI is InChI=1S/C16H25NO3/c1-11-9-15(20-4)13(10-14(11)19-3)16(2,18)12-5-7-17-8-6-12/h9-10,12,17-18H,5-8H2,1-4H3. The summed E-state index contributed by atoms with van der Waals surface area (Å²) in [6, 6.07) is 3.85. The van der Waals surface area contributed by atoms with Crippen LogP contribution in [0.3, 0.4) is 0 Å². The summed E-state index contributed by atoms with van der Waals surface area (Å²) >= 11 is 0. The molecule has 0 amide bonds. The van der Waals surface area contributed by atoms with E-state index in [2.05, 4.69) is 5.32 Å². The maximum atomic E-state index is 11.1. The van der Waals surface area contributed by atoms with Gasteiger partial charge in [0, 0.05) is 5.56 Å². The molecule has 0 saturated carbocycles. The molecule has 1 aromatic carbocycles. The van der Waals surface area contributed by atoms with E-state index in [4.69, 9.17) is 9.47 Å². The van der Waals surface area contributed by atoms with Gasteiger partial charge in [-0.1, -0.05) is 0 Å². The fraction of sp³-hybridized carbons (Fsp3) is 0.625. The van der Waals surface area contributed by atoms with E-state index in [-0.39, 0.29) is 5.92 Å². The van der Waals surface area contributed by atoms with Gasteiger partial charge in [0.15, 0.2) is 0 Å². The molecule has 0 aromatic heterocycles. The molecule has 20 heavy (non-hydrogen) atoms. The predicted molar refractivity (Wildman–Crippen MR) is 79.4 cm³/mol. The molecule has 4 heteroatoms. The number of piperidine rings is 1. The van der Waals surface area contributed by atoms with E-state index in [0.29, 0.717) is 0 Å². The van der Waals surface area contributed by atoms with Gasteiger partial charge < -0.3 is 19.9 Å². The Labute approximate surface area is 121 Å². The maximum Gasteiger partial charge on any atom is 0.125 e. The molecule has 0 bridgehead atoms. The van der Waals surface area contributed by atoms with Crippen molar-refractivity contribution in [2.75, 3.05) is 27.3 Å². The molecular formula is C16H25NO3. The smallest absolute Gasteiger partial charge is 0.125 e. The average Bonchev–Trinajstić information content (AvgIpc) is 2.47. The Hall–Kier alpha value is -1.26. The monoisotopic (exact) mass is 279 g/mol. The first-order valence-electron chi connectivity index (χ1n) is 7.17. The van der Waals surface area contributed by atoms with E-state index >= 15 is 0 Å². The Morgan fingerprint density at radius 3 is 2.30 bits per heavy atom. The van der Waals surface area contributed by atoms with Gasteiger partial charge in [-0.3, -0.25) is 0 Å². The number of methoxy groups -OCH3 is 2. The van der Waals surface area contributed by atoms with Crippen molar-refractivity contribution in [2.45, 2.75) is 32.3 Å². The summed E-state index contributed by atoms with van der Waals surface area (Å²) in [6.45, 7) is 5.76. The molecule has 0 spiro atoms. The number of hydrogen-bond donors (Lipinski definition) is 2. The van der Waals surface area contributed by atoms with E-state index < -0.39 is 5.60 Å². The summed E-state index contributed by atoms with van der Waals surface area (Å²) in [6.07, 6.45) is 1.93. The third-order valence-corrected chi connectivity index (χ3v) is 4.40. The van der Waals surface area contributed by atoms with Crippen LogP contribution in [0.25, 0.3) is 0 Å². The molecule has 2 N–H and O–H groups in total. The second-order valence-corrected chi connectivity index (χ2v) is 5.69. The molecule has 4 nitrogen and oxygen atoms in total. The van der Waals surface area contributed by atoms with Crippen molar-refractivity contribution in [1.82, 2.24) is 5.32 Å². The summed E-state index contributed by atoms with van der Waals surface area (Å²) in [5.41, 5.74) is 0.914. The SMILES string of the molecule is COc1cc(C(C)(O)C2CCNCC2)c(OC)cc1C. The van der Waals surface area contributed by atoms with Crippen LogP contribution in [0, 0.1) is 12.8 Å². The van der Waals surface area contributed by atoms with Crippen molar-refractivity contribution < 1.29 is 14.6 Å². The van der Waals surface area contributed by atoms with E-state index in [1.807, 2.05) is 26.0 Å². The third-order valence-electron chi connectivity index (χ3n) is 4.40. The average molecular weight is 279 g/mol. The lowest BCUT2D eigenvalue weighted by Crippen LogP contribution is -2.40. The van der Waals surface area contributed by atoms with Gasteiger partial charge >= 0.3 is 0 Å². The first-order valence-corrected chi connectivity index (χ1v) is 7.17. The van der Waals surface area contributed by atoms with E-state index in [1.54, 1.807) is 14.2 Å². The van der Waals surface area contributed by atoms with Crippen LogP contribution in [0.4, 0.5) is 0 Å². The predicted octanol–water partition coefficient (Wildman–Crippen LogP) is 2.22. The molecule has 1 unspecified atom stereocenters. The van der Waals surface area contributed by atoms with Gasteiger partial charge in [0.1, 0.15) is 11.5 Å². The number of rotatable bonds is 4. The summed E-state index contributed by atoms with van der Waals surface area (Å²) in [4.78, 5) is 0. The van der Waals surface area contributed by atoms with Crippen LogP contribution >= 0.6 is 0 Å². The zero-order valence-electron chi connectivity index (χ0n) is 12.8. The number of hydrogen-bond acceptors (Lipinski definition) is 4. The summed E-state index contributed by atoms with van der Waals surface area (Å²) in [5, 5.41) is 14.4. The number of aliphatic hydroxyl groups is 1. The highest BCUT2D eigenvalue weighted by Crippen LogP contribution is 2.42. The zero-order valence-corrected chi connectivity index (χ0v) is 12.8. The fourth-order valence-electron chi connectivity index (χ4n) is 3.05. The van der Waals surface area contributed by atoms with Crippen LogP contribution in [-0.2, 0) is 5.60 Å². The number of ether oxygens (including phenoxy) is 2. The van der Waals surface area contributed by atoms with Crippen molar-refractivity contribution in [3.63, 3.8) is 0 Å². The quantitative estimate of drug-likeness (QED) is 0.887. The Morgan fingerprint density at radius 2 is 1.75 bits per heavy atom. The van der Waals surface area contributed by atoms with E-state index in [9.17, 15) is 5.11 Å². The zero-order chi connectivity index (χ0) is 14.8. The van der Waals surface area contributed by atoms with Crippen LogP contribution in [0.5, 0.6) is 11.5 Å². The molecule has 1 aliphatic heterocycles. The van der Waals surface area contributed by atoms with Gasteiger partial charge in [-0.2, -0.15) is 0 Å². The normalized spacial score (nSPS) is 19.4. The van der Waals surface area contributed by atoms with E-state index in [1.165, 1.54) is 0 Å². The van der Waals surface area contributed by atoms with Gasteiger partial charge in [-0.25, -0.2) is 0 Å². The second kappa shape index (κ2) is 6.02. The van der Waals surface area contributed by atoms with Crippen molar-refractivity contribution in [1.29, 1.82) is 0 Å². The summed E-state index contributed by atoms with van der Waals surface area (Å²) in [5.74, 6) is 1.74. The molecular weight excluding hydrogens is 254 g/mol. The lowest BCUT2D eigenvalue weighted by molar-refractivity contribution is -0.0205. The highest BCUT2D eigenvalue weighted by molar-refractivity contribution is 5.48. The van der Waals surface area contributed by atoms with Gasteiger partial charge in [-0.15, -0.1) is 0 Å². The highest BCUT2D eigenvalue weighted by atomic mass is 16.5. The number of aryl methyl sites for hydroxylation is 1. The molecule has 112 valence electrons. The largest absolute Gasteiger partial charge is 0.496 e. The van der Waals surface area contributed by atoms with Crippen LogP contribution in [0.2, 0.25) is 0 Å². The minimum absolute atomic E-state index is 0.227. The minimum atomic E-state index is -0.908. The van der Waals surface area contributed by atoms with Crippen molar-refractivity contribution >= 4 is 0 Å². The summed E-state index contributed by atoms with van der Waals surface area (Å²) < 4.78 is 10.9. The highest BCUT2D eigenvalue weighted by Gasteiger charge is 2.37. The van der Waals surface area contributed by atoms with Crippen LogP contribution in [0.15, 0.2) is 12.1 Å². The number of nitrogens with one attached hydrogen (secondary N) is 1. The minimum Gasteiger partial charge on any atom is -0.496 e. The van der Waals surface area contributed by atoms with Crippen LogP contribution in [-0.4, -0.2) is 32.4 Å². The Bertz CT molecular complexity index is 465. The number of benzene rings is 1. The molecule has 1 heterocycles. The Balaban J connectivity index is 2.42. The molecule has 0 radical (unpaired) electrons. The maximum absolute atomic E-state index is 11.1. The molecule has 1 atom stereocenters. The van der Waals surface area contributed by atoms with Crippen molar-refractivity contribution in [3.8, 4) is 11.5 Å². The van der Waals surface area contributed by atoms with Crippen molar-refractivity contribution in [2.24, 2.45) is 5.92 Å². The van der Waals surface area contributed by atoms with Crippen molar-refractivity contribution in [3.05, 3.63) is 23.3 Å². The van der Waals surface area contributed by atoms with Gasteiger partial charge in [-0.05, 0) is 63.4 Å².